The van der Waals surface area contributed by atoms with Crippen molar-refractivity contribution < 1.29 is 54.5 Å². The number of fused-ring (bicyclic) bond motifs is 7. The lowest BCUT2D eigenvalue weighted by molar-refractivity contribution is -0.207. The summed E-state index contributed by atoms with van der Waals surface area (Å²) in [5.41, 5.74) is 5.11. The van der Waals surface area contributed by atoms with Crippen molar-refractivity contribution in [2.45, 2.75) is 149 Å². The number of methoxy groups -OCH3 is 4. The number of benzene rings is 4. The fourth-order valence-electron chi connectivity index (χ4n) is 8.89. The second-order valence-corrected chi connectivity index (χ2v) is 24.4. The van der Waals surface area contributed by atoms with Crippen LogP contribution in [-0.4, -0.2) is 65.4 Å². The highest BCUT2D eigenvalue weighted by molar-refractivity contribution is 7.38. The van der Waals surface area contributed by atoms with Crippen molar-refractivity contribution >= 4 is 60.3 Å². The van der Waals surface area contributed by atoms with Crippen LogP contribution in [0.15, 0.2) is 65.3 Å². The average molecular weight is 962 g/mol. The lowest BCUT2D eigenvalue weighted by atomic mass is 9.84. The van der Waals surface area contributed by atoms with Crippen LogP contribution in [0, 0.1) is 0 Å². The number of rotatable bonds is 9. The van der Waals surface area contributed by atoms with Crippen molar-refractivity contribution in [3.05, 3.63) is 70.8 Å². The van der Waals surface area contributed by atoms with Crippen molar-refractivity contribution in [1.82, 2.24) is 0 Å². The van der Waals surface area contributed by atoms with Gasteiger partial charge in [0.15, 0.2) is 12.1 Å². The van der Waals surface area contributed by atoms with Crippen LogP contribution in [0.5, 0.6) is 23.0 Å². The van der Waals surface area contributed by atoms with Crippen LogP contribution >= 0.6 is 16.4 Å². The Bertz CT molecular complexity index is 2760. The van der Waals surface area contributed by atoms with Gasteiger partial charge in [0.05, 0.1) is 41.1 Å². The van der Waals surface area contributed by atoms with Gasteiger partial charge in [0, 0.05) is 43.8 Å². The molecule has 0 saturated carbocycles. The summed E-state index contributed by atoms with van der Waals surface area (Å²) in [6.45, 7) is 29.6. The molecule has 0 radical (unpaired) electrons. The fraction of sp³-hybridized carbons (Fsp3) is 0.538. The van der Waals surface area contributed by atoms with Gasteiger partial charge >= 0.3 is 16.4 Å². The van der Waals surface area contributed by atoms with Crippen molar-refractivity contribution in [3.8, 4) is 23.0 Å². The zero-order chi connectivity index (χ0) is 48.8. The molecule has 2 saturated heterocycles. The Morgan fingerprint density at radius 3 is 1.18 bits per heavy atom. The van der Waals surface area contributed by atoms with Gasteiger partial charge in [-0.3, -0.25) is 4.52 Å². The molecule has 4 atom stereocenters. The van der Waals surface area contributed by atoms with Crippen LogP contribution in [0.1, 0.15) is 119 Å². The Morgan fingerprint density at radius 1 is 0.507 bits per heavy atom. The summed E-state index contributed by atoms with van der Waals surface area (Å²) in [5.74, 6) is 1.90. The van der Waals surface area contributed by atoms with E-state index in [1.165, 1.54) is 0 Å². The molecule has 2 fully saturated rings. The third-order valence-corrected chi connectivity index (χ3v) is 14.7. The summed E-state index contributed by atoms with van der Waals surface area (Å²) in [7, 11) is 2.68. The first kappa shape index (κ1) is 49.1. The quantitative estimate of drug-likeness (QED) is 0.147. The first-order valence-electron chi connectivity index (χ1n) is 22.9. The fourth-order valence-corrected chi connectivity index (χ4v) is 11.4. The minimum atomic E-state index is -2.08. The van der Waals surface area contributed by atoms with Gasteiger partial charge in [0.1, 0.15) is 57.5 Å². The van der Waals surface area contributed by atoms with E-state index >= 15 is 0 Å². The van der Waals surface area contributed by atoms with E-state index in [4.69, 9.17) is 54.5 Å². The second kappa shape index (κ2) is 17.6. The van der Waals surface area contributed by atoms with Gasteiger partial charge < -0.3 is 49.9 Å². The molecule has 2 aliphatic heterocycles. The number of nitrogens with one attached hydrogen (secondary N) is 1. The SMILES string of the molecule is COc1cc(C(C)(C)C)c2op(N[C@@H]3[C@H]4OC(C)(C)O[C@H]4O[C@@H]3COp3oc4c(C(C)(C)C)cc(OC)cc4c4cc(OC)cc(C(C)(C)C)c4o3)oc3c(C(C)(C)C)cc(OC)cc3c2c1. The van der Waals surface area contributed by atoms with Crippen molar-refractivity contribution in [2.75, 3.05) is 40.1 Å². The molecule has 4 heterocycles. The van der Waals surface area contributed by atoms with Crippen LogP contribution in [0.2, 0.25) is 0 Å². The molecule has 2 aliphatic rings. The predicted molar refractivity (Wildman–Crippen MR) is 267 cm³/mol. The lowest BCUT2D eigenvalue weighted by Crippen LogP contribution is -2.42. The molecule has 0 bridgehead atoms. The zero-order valence-electron chi connectivity index (χ0n) is 42.4. The van der Waals surface area contributed by atoms with Gasteiger partial charge in [-0.25, -0.2) is 5.09 Å². The van der Waals surface area contributed by atoms with Gasteiger partial charge in [0.2, 0.25) is 0 Å². The first-order valence-corrected chi connectivity index (χ1v) is 25.1. The zero-order valence-corrected chi connectivity index (χ0v) is 44.2. The molecule has 0 unspecified atom stereocenters. The van der Waals surface area contributed by atoms with E-state index in [1.807, 2.05) is 62.4 Å². The monoisotopic (exact) mass is 961 g/mol. The standard InChI is InChI=1S/C52H69NO12P2/c1-48(2,3)36-23-28(54-15)19-32-33-20-29(55-16)24-37(49(4,5)6)43(33)63-66(62-42(32)36)53-41-40(59-47-46(41)60-52(13,14)61-47)27-58-67-64-44-34(21-30(56-17)25-38(44)50(7,8)9)35-22-31(57-18)26-39(45(35)65-67)51(10,11)12/h19-26,40-41,46-47,53H,27H2,1-18H3/t40-,41+,46-,47-/m1/s1. The second-order valence-electron chi connectivity index (χ2n) is 22.1. The van der Waals surface area contributed by atoms with Crippen LogP contribution in [0.3, 0.4) is 0 Å². The van der Waals surface area contributed by atoms with E-state index in [0.717, 1.165) is 43.8 Å². The minimum absolute atomic E-state index is 0.0431. The first-order chi connectivity index (χ1) is 31.2. The lowest BCUT2D eigenvalue weighted by Gasteiger charge is -2.25. The van der Waals surface area contributed by atoms with E-state index in [1.54, 1.807) is 28.4 Å². The third-order valence-electron chi connectivity index (χ3n) is 12.4. The van der Waals surface area contributed by atoms with Crippen molar-refractivity contribution in [1.29, 1.82) is 0 Å². The van der Waals surface area contributed by atoms with E-state index in [0.29, 0.717) is 45.3 Å². The maximum absolute atomic E-state index is 7.14. The Balaban J connectivity index is 1.32. The van der Waals surface area contributed by atoms with Crippen LogP contribution in [-0.2, 0) is 35.9 Å². The Kier molecular flexibility index (Phi) is 12.9. The van der Waals surface area contributed by atoms with Crippen molar-refractivity contribution in [2.24, 2.45) is 0 Å². The molecule has 15 heteroatoms. The number of ether oxygens (including phenoxy) is 7. The molecule has 0 aliphatic carbocycles. The number of hydrogen-bond donors (Lipinski definition) is 1. The molecular formula is C52H69NO12P2. The van der Waals surface area contributed by atoms with E-state index in [2.05, 4.69) is 88.2 Å². The molecular weight excluding hydrogens is 893 g/mol. The third kappa shape index (κ3) is 9.68. The van der Waals surface area contributed by atoms with Gasteiger partial charge in [-0.2, -0.15) is 0 Å². The van der Waals surface area contributed by atoms with E-state index in [-0.39, 0.29) is 28.3 Å². The highest BCUT2D eigenvalue weighted by atomic mass is 31.1. The van der Waals surface area contributed by atoms with Crippen molar-refractivity contribution in [3.63, 3.8) is 0 Å². The molecule has 67 heavy (non-hydrogen) atoms. The molecule has 8 rings (SSSR count). The summed E-state index contributed by atoms with van der Waals surface area (Å²) in [5, 5.41) is 7.08. The maximum Gasteiger partial charge on any atom is 0.387 e. The molecule has 6 aromatic rings. The normalized spacial score (nSPS) is 19.9. The summed E-state index contributed by atoms with van der Waals surface area (Å²) >= 11 is 0. The van der Waals surface area contributed by atoms with E-state index < -0.39 is 46.7 Å². The highest BCUT2D eigenvalue weighted by Crippen LogP contribution is 2.49. The topological polar surface area (TPSA) is 138 Å². The Morgan fingerprint density at radius 2 is 0.851 bits per heavy atom. The van der Waals surface area contributed by atoms with Gasteiger partial charge in [-0.05, 0) is 84.0 Å². The Labute approximate surface area is 396 Å². The maximum atomic E-state index is 7.14. The van der Waals surface area contributed by atoms with Crippen LogP contribution < -0.4 is 28.6 Å². The Hall–Kier alpha value is -4.32. The molecule has 4 aromatic carbocycles. The van der Waals surface area contributed by atoms with Crippen LogP contribution in [0.25, 0.3) is 43.9 Å². The largest absolute Gasteiger partial charge is 0.497 e. The number of hydrogen-bond acceptors (Lipinski definition) is 13. The smallest absolute Gasteiger partial charge is 0.387 e. The summed E-state index contributed by atoms with van der Waals surface area (Å²) < 4.78 is 78.3. The molecule has 0 spiro atoms. The summed E-state index contributed by atoms with van der Waals surface area (Å²) in [6.07, 6.45) is -1.90. The predicted octanol–water partition coefficient (Wildman–Crippen LogP) is 14.0. The van der Waals surface area contributed by atoms with Gasteiger partial charge in [-0.1, -0.05) is 83.1 Å². The molecule has 2 aromatic heterocycles. The molecule has 13 nitrogen and oxygen atoms in total. The van der Waals surface area contributed by atoms with E-state index in [9.17, 15) is 0 Å². The van der Waals surface area contributed by atoms with Gasteiger partial charge in [-0.15, -0.1) is 0 Å². The van der Waals surface area contributed by atoms with Gasteiger partial charge in [0.25, 0.3) is 0 Å². The average Bonchev–Trinajstić information content (AvgIpc) is 3.56. The van der Waals surface area contributed by atoms with Crippen LogP contribution in [0.4, 0.5) is 0 Å². The molecule has 0 amide bonds. The summed E-state index contributed by atoms with van der Waals surface area (Å²) in [4.78, 5) is 0. The molecule has 1 N–H and O–H groups in total. The summed E-state index contributed by atoms with van der Waals surface area (Å²) in [6, 6.07) is 15.6. The molecule has 364 valence electrons. The minimum Gasteiger partial charge on any atom is -0.497 e. The highest BCUT2D eigenvalue weighted by Gasteiger charge is 2.55.